The van der Waals surface area contributed by atoms with Crippen molar-refractivity contribution in [3.05, 3.63) is 50.2 Å². The summed E-state index contributed by atoms with van der Waals surface area (Å²) < 4.78 is 1.33. The highest BCUT2D eigenvalue weighted by Crippen LogP contribution is 2.33. The molecule has 0 atom stereocenters. The molecule has 1 saturated carbocycles. The molecule has 0 bridgehead atoms. The van der Waals surface area contributed by atoms with Gasteiger partial charge in [0.25, 0.3) is 11.6 Å². The van der Waals surface area contributed by atoms with Crippen molar-refractivity contribution in [2.45, 2.75) is 31.2 Å². The Hall–Kier alpha value is -2.16. The van der Waals surface area contributed by atoms with E-state index in [9.17, 15) is 14.9 Å². The van der Waals surface area contributed by atoms with Crippen LogP contribution in [0.3, 0.4) is 0 Å². The number of amides is 1. The number of hydrogen-bond donors (Lipinski definition) is 2. The summed E-state index contributed by atoms with van der Waals surface area (Å²) in [6, 6.07) is 3.90. The molecule has 1 aliphatic carbocycles. The first-order valence-electron chi connectivity index (χ1n) is 8.07. The van der Waals surface area contributed by atoms with Gasteiger partial charge in [-0.3, -0.25) is 14.9 Å². The number of hydrogen-bond acceptors (Lipinski definition) is 5. The molecule has 0 aliphatic heterocycles. The molecule has 1 fully saturated rings. The van der Waals surface area contributed by atoms with E-state index in [0.717, 1.165) is 25.7 Å². The lowest BCUT2D eigenvalue weighted by Crippen LogP contribution is -2.51. The van der Waals surface area contributed by atoms with Crippen LogP contribution in [0.5, 0.6) is 0 Å². The predicted octanol–water partition coefficient (Wildman–Crippen LogP) is 3.09. The molecular weight excluding hydrogens is 381 g/mol. The summed E-state index contributed by atoms with van der Waals surface area (Å²) in [5.41, 5.74) is 5.69. The molecule has 8 nitrogen and oxygen atoms in total. The molecule has 0 radical (unpaired) electrons. The van der Waals surface area contributed by atoms with Crippen LogP contribution in [0.4, 0.5) is 5.69 Å². The maximum Gasteiger partial charge on any atom is 0.272 e. The number of nitrogens with zero attached hydrogens (tertiary/aromatic N) is 3. The highest BCUT2D eigenvalue weighted by Gasteiger charge is 2.34. The van der Waals surface area contributed by atoms with Gasteiger partial charge in [-0.15, -0.1) is 0 Å². The van der Waals surface area contributed by atoms with E-state index in [4.69, 9.17) is 28.9 Å². The van der Waals surface area contributed by atoms with Crippen LogP contribution in [0.1, 0.15) is 36.2 Å². The number of halogens is 2. The Bertz CT molecular complexity index is 838. The van der Waals surface area contributed by atoms with Gasteiger partial charge in [0.05, 0.1) is 20.5 Å². The highest BCUT2D eigenvalue weighted by atomic mass is 35.5. The number of aromatic nitrogens is 2. The van der Waals surface area contributed by atoms with Crippen LogP contribution in [0, 0.1) is 10.1 Å². The number of non-ortho nitro benzene ring substituents is 1. The zero-order chi connectivity index (χ0) is 18.9. The molecule has 1 aromatic heterocycles. The highest BCUT2D eigenvalue weighted by molar-refractivity contribution is 6.38. The first kappa shape index (κ1) is 18.6. The van der Waals surface area contributed by atoms with E-state index in [1.165, 1.54) is 29.1 Å². The third-order valence-corrected chi connectivity index (χ3v) is 5.17. The molecule has 3 rings (SSSR count). The molecule has 2 aromatic rings. The van der Waals surface area contributed by atoms with Crippen LogP contribution < -0.4 is 11.1 Å². The number of carbonyl (C=O) groups excluding carboxylic acids is 1. The fraction of sp³-hybridized carbons (Fsp3) is 0.375. The van der Waals surface area contributed by atoms with Gasteiger partial charge in [-0.05, 0) is 18.9 Å². The molecule has 138 valence electrons. The Morgan fingerprint density at radius 2 is 1.96 bits per heavy atom. The van der Waals surface area contributed by atoms with Crippen LogP contribution in [0.2, 0.25) is 10.0 Å². The van der Waals surface area contributed by atoms with Gasteiger partial charge < -0.3 is 11.1 Å². The third kappa shape index (κ3) is 3.53. The van der Waals surface area contributed by atoms with Crippen molar-refractivity contribution >= 4 is 34.8 Å². The Morgan fingerprint density at radius 3 is 2.50 bits per heavy atom. The summed E-state index contributed by atoms with van der Waals surface area (Å²) in [7, 11) is 0. The van der Waals surface area contributed by atoms with Crippen molar-refractivity contribution in [1.29, 1.82) is 0 Å². The third-order valence-electron chi connectivity index (χ3n) is 4.59. The van der Waals surface area contributed by atoms with Gasteiger partial charge in [-0.2, -0.15) is 5.10 Å². The summed E-state index contributed by atoms with van der Waals surface area (Å²) in [6.45, 7) is 0.374. The molecule has 0 spiro atoms. The molecule has 1 aromatic carbocycles. The minimum atomic E-state index is -0.586. The van der Waals surface area contributed by atoms with Crippen molar-refractivity contribution in [2.24, 2.45) is 5.73 Å². The Morgan fingerprint density at radius 1 is 1.35 bits per heavy atom. The molecule has 3 N–H and O–H groups in total. The van der Waals surface area contributed by atoms with Crippen LogP contribution in [0.25, 0.3) is 5.69 Å². The van der Waals surface area contributed by atoms with Crippen molar-refractivity contribution in [3.8, 4) is 5.69 Å². The smallest absolute Gasteiger partial charge is 0.272 e. The van der Waals surface area contributed by atoms with E-state index in [0.29, 0.717) is 6.54 Å². The average Bonchev–Trinajstić information content (AvgIpc) is 3.24. The Kier molecular flexibility index (Phi) is 5.17. The number of nitrogens with two attached hydrogens (primary N) is 1. The van der Waals surface area contributed by atoms with Crippen LogP contribution in [-0.2, 0) is 0 Å². The fourth-order valence-corrected chi connectivity index (χ4v) is 3.83. The standard InChI is InChI=1S/C16H17Cl2N5O3/c17-11-7-10(23(25)26)8-12(18)14(11)22-6-3-13(21-22)15(24)20-16(9-19)4-1-2-5-16/h3,6-8H,1-2,4-5,9,19H2,(H,20,24). The van der Waals surface area contributed by atoms with Crippen LogP contribution in [0.15, 0.2) is 24.4 Å². The van der Waals surface area contributed by atoms with E-state index in [1.54, 1.807) is 0 Å². The normalized spacial score (nSPS) is 15.8. The molecule has 0 saturated heterocycles. The van der Waals surface area contributed by atoms with Crippen molar-refractivity contribution in [1.82, 2.24) is 15.1 Å². The molecule has 10 heteroatoms. The molecular formula is C16H17Cl2N5O3. The number of benzene rings is 1. The SMILES string of the molecule is NCC1(NC(=O)c2ccn(-c3c(Cl)cc([N+](=O)[O-])cc3Cl)n2)CCCC1. The zero-order valence-corrected chi connectivity index (χ0v) is 15.3. The molecule has 26 heavy (non-hydrogen) atoms. The number of nitrogens with one attached hydrogen (secondary N) is 1. The number of nitro groups is 1. The van der Waals surface area contributed by atoms with Gasteiger partial charge in [0.15, 0.2) is 5.69 Å². The summed E-state index contributed by atoms with van der Waals surface area (Å²) in [5, 5.41) is 18.2. The predicted molar refractivity (Wildman–Crippen MR) is 98.0 cm³/mol. The molecule has 0 unspecified atom stereocenters. The van der Waals surface area contributed by atoms with E-state index in [-0.39, 0.29) is 38.6 Å². The first-order valence-corrected chi connectivity index (χ1v) is 8.83. The number of rotatable bonds is 5. The monoisotopic (exact) mass is 397 g/mol. The molecule has 1 heterocycles. The molecule has 1 amide bonds. The second-order valence-corrected chi connectivity index (χ2v) is 7.12. The largest absolute Gasteiger partial charge is 0.344 e. The lowest BCUT2D eigenvalue weighted by molar-refractivity contribution is -0.384. The van der Waals surface area contributed by atoms with E-state index in [1.807, 2.05) is 0 Å². The van der Waals surface area contributed by atoms with E-state index < -0.39 is 4.92 Å². The van der Waals surface area contributed by atoms with E-state index in [2.05, 4.69) is 10.4 Å². The van der Waals surface area contributed by atoms with Crippen molar-refractivity contribution in [2.75, 3.05) is 6.54 Å². The lowest BCUT2D eigenvalue weighted by Gasteiger charge is -2.28. The summed E-state index contributed by atoms with van der Waals surface area (Å²) >= 11 is 12.2. The van der Waals surface area contributed by atoms with Gasteiger partial charge in [0.2, 0.25) is 0 Å². The Labute approximate surface area is 159 Å². The van der Waals surface area contributed by atoms with Gasteiger partial charge in [-0.25, -0.2) is 4.68 Å². The van der Waals surface area contributed by atoms with Gasteiger partial charge in [0.1, 0.15) is 5.69 Å². The first-order chi connectivity index (χ1) is 12.3. The van der Waals surface area contributed by atoms with E-state index >= 15 is 0 Å². The minimum absolute atomic E-state index is 0.0634. The quantitative estimate of drug-likeness (QED) is 0.593. The topological polar surface area (TPSA) is 116 Å². The van der Waals surface area contributed by atoms with Gasteiger partial charge >= 0.3 is 0 Å². The second-order valence-electron chi connectivity index (χ2n) is 6.31. The van der Waals surface area contributed by atoms with Crippen molar-refractivity contribution < 1.29 is 9.72 Å². The average molecular weight is 398 g/mol. The minimum Gasteiger partial charge on any atom is -0.344 e. The Balaban J connectivity index is 1.86. The summed E-state index contributed by atoms with van der Waals surface area (Å²) in [6.07, 6.45) is 5.27. The summed E-state index contributed by atoms with van der Waals surface area (Å²) in [5.74, 6) is -0.328. The van der Waals surface area contributed by atoms with Gasteiger partial charge in [-0.1, -0.05) is 36.0 Å². The van der Waals surface area contributed by atoms with Gasteiger partial charge in [0, 0.05) is 24.9 Å². The molecule has 1 aliphatic rings. The second kappa shape index (κ2) is 7.22. The maximum absolute atomic E-state index is 12.5. The number of nitro benzene ring substituents is 1. The zero-order valence-electron chi connectivity index (χ0n) is 13.7. The maximum atomic E-state index is 12.5. The van der Waals surface area contributed by atoms with Crippen molar-refractivity contribution in [3.63, 3.8) is 0 Å². The van der Waals surface area contributed by atoms with Crippen LogP contribution in [-0.4, -0.2) is 32.7 Å². The summed E-state index contributed by atoms with van der Waals surface area (Å²) in [4.78, 5) is 22.8. The van der Waals surface area contributed by atoms with Crippen LogP contribution >= 0.6 is 23.2 Å². The lowest BCUT2D eigenvalue weighted by atomic mass is 9.97. The number of carbonyl (C=O) groups is 1. The fourth-order valence-electron chi connectivity index (χ4n) is 3.18.